The molecule has 1 amide bonds. The first-order valence-corrected chi connectivity index (χ1v) is 11.4. The van der Waals surface area contributed by atoms with E-state index in [0.29, 0.717) is 35.4 Å². The van der Waals surface area contributed by atoms with Crippen molar-refractivity contribution in [3.05, 3.63) is 36.4 Å². The van der Waals surface area contributed by atoms with Gasteiger partial charge in [-0.3, -0.25) is 4.79 Å². The van der Waals surface area contributed by atoms with Crippen molar-refractivity contribution in [3.63, 3.8) is 0 Å². The number of nitrogens with zero attached hydrogens (tertiary/aromatic N) is 5. The van der Waals surface area contributed by atoms with Crippen LogP contribution in [0.25, 0.3) is 10.4 Å². The van der Waals surface area contributed by atoms with Crippen LogP contribution in [-0.2, 0) is 19.6 Å². The number of rotatable bonds is 5. The van der Waals surface area contributed by atoms with E-state index in [4.69, 9.17) is 4.74 Å². The molecule has 4 heterocycles. The maximum absolute atomic E-state index is 13.0. The number of nitrogens with one attached hydrogen (secondary N) is 1. The van der Waals surface area contributed by atoms with E-state index in [1.165, 1.54) is 42.9 Å². The molecule has 30 heavy (non-hydrogen) atoms. The third-order valence-electron chi connectivity index (χ3n) is 4.50. The Bertz CT molecular complexity index is 1160. The summed E-state index contributed by atoms with van der Waals surface area (Å²) in [5.41, 5.74) is 1.28. The zero-order chi connectivity index (χ0) is 21.3. The van der Waals surface area contributed by atoms with Gasteiger partial charge in [0.2, 0.25) is 5.91 Å². The number of carbonyl (C=O) groups is 1. The molecule has 1 aliphatic heterocycles. The normalized spacial score (nSPS) is 14.7. The summed E-state index contributed by atoms with van der Waals surface area (Å²) < 4.78 is 32.2. The van der Waals surface area contributed by atoms with E-state index in [1.54, 1.807) is 13.0 Å². The highest BCUT2D eigenvalue weighted by Gasteiger charge is 2.22. The number of anilines is 2. The molecule has 0 aromatic carbocycles. The Hall–Kier alpha value is -2.83. The fourth-order valence-electron chi connectivity index (χ4n) is 3.03. The minimum Gasteiger partial charge on any atom is -0.378 e. The predicted octanol–water partition coefficient (Wildman–Crippen LogP) is 1.74. The van der Waals surface area contributed by atoms with Gasteiger partial charge in [-0.25, -0.2) is 9.97 Å². The van der Waals surface area contributed by atoms with E-state index in [2.05, 4.69) is 20.4 Å². The lowest BCUT2D eigenvalue weighted by Crippen LogP contribution is -2.36. The first-order chi connectivity index (χ1) is 14.3. The second-order valence-corrected chi connectivity index (χ2v) is 9.47. The molecule has 1 fully saturated rings. The molecule has 158 valence electrons. The second kappa shape index (κ2) is 8.13. The highest BCUT2D eigenvalue weighted by atomic mass is 32.2. The third kappa shape index (κ3) is 4.06. The highest BCUT2D eigenvalue weighted by Crippen LogP contribution is 2.33. The van der Waals surface area contributed by atoms with Gasteiger partial charge < -0.3 is 15.0 Å². The molecule has 1 saturated heterocycles. The molecule has 0 radical (unpaired) electrons. The Morgan fingerprint density at radius 3 is 2.67 bits per heavy atom. The van der Waals surface area contributed by atoms with Crippen LogP contribution < -0.4 is 10.2 Å². The first kappa shape index (κ1) is 20.4. The fraction of sp³-hybridized carbons (Fsp3) is 0.333. The average molecular weight is 449 g/mol. The number of amides is 1. The van der Waals surface area contributed by atoms with Crippen LogP contribution in [0.3, 0.4) is 0 Å². The van der Waals surface area contributed by atoms with E-state index >= 15 is 0 Å². The summed E-state index contributed by atoms with van der Waals surface area (Å²) in [5, 5.41) is 7.12. The Morgan fingerprint density at radius 2 is 2.00 bits per heavy atom. The molecule has 4 rings (SSSR count). The number of pyridine rings is 1. The van der Waals surface area contributed by atoms with Crippen molar-refractivity contribution in [3.8, 4) is 10.4 Å². The molecular formula is C18H20N6O4S2. The van der Waals surface area contributed by atoms with Crippen molar-refractivity contribution < 1.29 is 17.9 Å². The SMILES string of the molecule is CC(=O)Nc1nc(C)c(-c2cnn(S(=O)(=O)c3ccc(N4CCOCC4)nc3)c2)s1. The molecule has 10 nitrogen and oxygen atoms in total. The number of hydrogen-bond donors (Lipinski definition) is 1. The van der Waals surface area contributed by atoms with Crippen LogP contribution in [0.15, 0.2) is 35.6 Å². The van der Waals surface area contributed by atoms with Gasteiger partial charge in [0, 0.05) is 31.8 Å². The van der Waals surface area contributed by atoms with E-state index in [0.717, 1.165) is 22.1 Å². The van der Waals surface area contributed by atoms with Gasteiger partial charge in [-0.05, 0) is 19.1 Å². The maximum atomic E-state index is 13.0. The maximum Gasteiger partial charge on any atom is 0.284 e. The van der Waals surface area contributed by atoms with Crippen LogP contribution >= 0.6 is 11.3 Å². The summed E-state index contributed by atoms with van der Waals surface area (Å²) in [6.45, 7) is 5.88. The number of morpholine rings is 1. The molecule has 0 spiro atoms. The third-order valence-corrected chi connectivity index (χ3v) is 7.15. The number of hydrogen-bond acceptors (Lipinski definition) is 9. The van der Waals surface area contributed by atoms with Crippen molar-refractivity contribution in [1.29, 1.82) is 0 Å². The van der Waals surface area contributed by atoms with Crippen LogP contribution in [0.2, 0.25) is 0 Å². The fourth-order valence-corrected chi connectivity index (χ4v) is 5.09. The highest BCUT2D eigenvalue weighted by molar-refractivity contribution is 7.89. The molecule has 1 N–H and O–H groups in total. The van der Waals surface area contributed by atoms with E-state index in [9.17, 15) is 13.2 Å². The van der Waals surface area contributed by atoms with Crippen LogP contribution in [0, 0.1) is 6.92 Å². The van der Waals surface area contributed by atoms with Crippen LogP contribution in [0.5, 0.6) is 0 Å². The van der Waals surface area contributed by atoms with Gasteiger partial charge >= 0.3 is 0 Å². The number of aromatic nitrogens is 4. The number of carbonyl (C=O) groups excluding carboxylic acids is 1. The van der Waals surface area contributed by atoms with E-state index < -0.39 is 10.0 Å². The van der Waals surface area contributed by atoms with Gasteiger partial charge in [0.25, 0.3) is 10.0 Å². The van der Waals surface area contributed by atoms with E-state index in [1.807, 2.05) is 4.90 Å². The van der Waals surface area contributed by atoms with Gasteiger partial charge in [-0.15, -0.1) is 0 Å². The zero-order valence-electron chi connectivity index (χ0n) is 16.4. The van der Waals surface area contributed by atoms with Crippen molar-refractivity contribution in [1.82, 2.24) is 19.2 Å². The Kier molecular flexibility index (Phi) is 5.54. The summed E-state index contributed by atoms with van der Waals surface area (Å²) in [6, 6.07) is 3.22. The molecule has 0 aliphatic carbocycles. The summed E-state index contributed by atoms with van der Waals surface area (Å²) in [6.07, 6.45) is 4.24. The van der Waals surface area contributed by atoms with Gasteiger partial charge in [-0.2, -0.15) is 17.6 Å². The summed E-state index contributed by atoms with van der Waals surface area (Å²) in [7, 11) is -3.88. The van der Waals surface area contributed by atoms with Crippen molar-refractivity contribution in [2.24, 2.45) is 0 Å². The lowest BCUT2D eigenvalue weighted by molar-refractivity contribution is -0.114. The first-order valence-electron chi connectivity index (χ1n) is 9.19. The van der Waals surface area contributed by atoms with Gasteiger partial charge in [0.05, 0.1) is 36.2 Å². The standard InChI is InChI=1S/C18H20N6O4S2/c1-12-17(29-18(21-12)22-13(2)25)14-9-20-24(11-14)30(26,27)15-3-4-16(19-10-15)23-5-7-28-8-6-23/h3-4,9-11H,5-8H2,1-2H3,(H,21,22,25). The van der Waals surface area contributed by atoms with Crippen molar-refractivity contribution in [2.45, 2.75) is 18.7 Å². The Morgan fingerprint density at radius 1 is 1.23 bits per heavy atom. The van der Waals surface area contributed by atoms with Crippen molar-refractivity contribution in [2.75, 3.05) is 36.5 Å². The van der Waals surface area contributed by atoms with Crippen LogP contribution in [0.1, 0.15) is 12.6 Å². The summed E-state index contributed by atoms with van der Waals surface area (Å²) in [4.78, 5) is 22.7. The molecular weight excluding hydrogens is 428 g/mol. The molecule has 0 unspecified atom stereocenters. The average Bonchev–Trinajstić information content (AvgIpc) is 3.35. The lowest BCUT2D eigenvalue weighted by atomic mass is 10.2. The van der Waals surface area contributed by atoms with Gasteiger partial charge in [-0.1, -0.05) is 11.3 Å². The van der Waals surface area contributed by atoms with Crippen LogP contribution in [0.4, 0.5) is 10.9 Å². The predicted molar refractivity (Wildman–Crippen MR) is 112 cm³/mol. The van der Waals surface area contributed by atoms with Crippen molar-refractivity contribution >= 4 is 38.2 Å². The molecule has 3 aromatic rings. The minimum atomic E-state index is -3.88. The molecule has 0 atom stereocenters. The molecule has 0 saturated carbocycles. The number of thiazole rings is 1. The number of aryl methyl sites for hydroxylation is 1. The smallest absolute Gasteiger partial charge is 0.284 e. The van der Waals surface area contributed by atoms with Crippen LogP contribution in [-0.4, -0.2) is 59.8 Å². The topological polar surface area (TPSA) is 119 Å². The van der Waals surface area contributed by atoms with Gasteiger partial charge in [0.1, 0.15) is 10.7 Å². The summed E-state index contributed by atoms with van der Waals surface area (Å²) in [5.74, 6) is 0.491. The van der Waals surface area contributed by atoms with E-state index in [-0.39, 0.29) is 10.8 Å². The lowest BCUT2D eigenvalue weighted by Gasteiger charge is -2.27. The minimum absolute atomic E-state index is 0.0501. The Balaban J connectivity index is 1.58. The zero-order valence-corrected chi connectivity index (χ0v) is 18.0. The molecule has 0 bridgehead atoms. The van der Waals surface area contributed by atoms with Gasteiger partial charge in [0.15, 0.2) is 5.13 Å². The molecule has 12 heteroatoms. The summed E-state index contributed by atoms with van der Waals surface area (Å²) >= 11 is 1.26. The Labute approximate surface area is 177 Å². The largest absolute Gasteiger partial charge is 0.378 e. The molecule has 1 aliphatic rings. The molecule has 3 aromatic heterocycles. The monoisotopic (exact) mass is 448 g/mol. The number of ether oxygens (including phenoxy) is 1. The quantitative estimate of drug-likeness (QED) is 0.627. The second-order valence-electron chi connectivity index (χ2n) is 6.67.